The average molecular weight is 217 g/mol. The third-order valence-electron chi connectivity index (χ3n) is 1.50. The van der Waals surface area contributed by atoms with Gasteiger partial charge in [0, 0.05) is 0 Å². The van der Waals surface area contributed by atoms with Crippen molar-refractivity contribution in [2.45, 2.75) is 0 Å². The molecule has 0 saturated heterocycles. The van der Waals surface area contributed by atoms with Crippen LogP contribution in [-0.2, 0) is 4.79 Å². The smallest absolute Gasteiger partial charge is 0.546 e. The average Bonchev–Trinajstić information content (AvgIpc) is 2.15. The van der Waals surface area contributed by atoms with Gasteiger partial charge in [0.05, 0.1) is 11.5 Å². The number of carboxylic acids is 1. The summed E-state index contributed by atoms with van der Waals surface area (Å²) in [5, 5.41) is 10.1. The largest absolute Gasteiger partial charge is 1.00 e. The topological polar surface area (TPSA) is 92.5 Å². The molecule has 0 spiro atoms. The maximum atomic E-state index is 10.8. The van der Waals surface area contributed by atoms with Gasteiger partial charge in [-0.2, -0.15) is 0 Å². The quantitative estimate of drug-likeness (QED) is 0.519. The molecule has 5 nitrogen and oxygen atoms in total. The van der Waals surface area contributed by atoms with Crippen LogP contribution in [0.25, 0.3) is 0 Å². The second-order valence-corrected chi connectivity index (χ2v) is 2.52. The molecule has 0 saturated carbocycles. The standard InChI is InChI=1S/C9H9NO4.Na/c10-9(13)6-3-1-2-4-7(6)14-5-8(11)12;/h1-4H,5H2,(H2,10,13)(H,11,12);/q;+1/p-1. The van der Waals surface area contributed by atoms with E-state index in [4.69, 9.17) is 10.5 Å². The minimum absolute atomic E-state index is 0. The zero-order chi connectivity index (χ0) is 10.6. The summed E-state index contributed by atoms with van der Waals surface area (Å²) in [6, 6.07) is 6.12. The zero-order valence-corrected chi connectivity index (χ0v) is 10.2. The summed E-state index contributed by atoms with van der Waals surface area (Å²) in [4.78, 5) is 20.9. The van der Waals surface area contributed by atoms with Crippen LogP contribution < -0.4 is 45.1 Å². The summed E-state index contributed by atoms with van der Waals surface area (Å²) < 4.78 is 4.80. The van der Waals surface area contributed by atoms with Crippen molar-refractivity contribution in [3.8, 4) is 5.75 Å². The van der Waals surface area contributed by atoms with Crippen molar-refractivity contribution in [2.24, 2.45) is 5.73 Å². The Hall–Kier alpha value is -1.04. The van der Waals surface area contributed by atoms with Gasteiger partial charge < -0.3 is 20.4 Å². The number of hydrogen-bond acceptors (Lipinski definition) is 4. The summed E-state index contributed by atoms with van der Waals surface area (Å²) in [6.45, 7) is -0.607. The van der Waals surface area contributed by atoms with E-state index in [0.29, 0.717) is 0 Å². The van der Waals surface area contributed by atoms with Crippen molar-refractivity contribution >= 4 is 11.9 Å². The number of amides is 1. The number of primary amides is 1. The Balaban J connectivity index is 0.00000196. The zero-order valence-electron chi connectivity index (χ0n) is 8.23. The molecule has 6 heteroatoms. The van der Waals surface area contributed by atoms with E-state index in [9.17, 15) is 14.7 Å². The van der Waals surface area contributed by atoms with Gasteiger partial charge in [0.1, 0.15) is 12.4 Å². The fourth-order valence-corrected chi connectivity index (χ4v) is 0.933. The van der Waals surface area contributed by atoms with Crippen LogP contribution in [0.3, 0.4) is 0 Å². The predicted octanol–water partition coefficient (Wildman–Crippen LogP) is -4.08. The molecule has 2 N–H and O–H groups in total. The molecule has 1 aromatic rings. The van der Waals surface area contributed by atoms with Gasteiger partial charge >= 0.3 is 29.6 Å². The van der Waals surface area contributed by atoms with Crippen LogP contribution >= 0.6 is 0 Å². The molecule has 1 aromatic carbocycles. The van der Waals surface area contributed by atoms with E-state index in [1.165, 1.54) is 12.1 Å². The molecule has 0 radical (unpaired) electrons. The van der Waals surface area contributed by atoms with Crippen molar-refractivity contribution < 1.29 is 49.0 Å². The van der Waals surface area contributed by atoms with Gasteiger partial charge in [0.2, 0.25) is 0 Å². The van der Waals surface area contributed by atoms with Gasteiger partial charge in [-0.1, -0.05) is 12.1 Å². The first kappa shape index (κ1) is 14.0. The van der Waals surface area contributed by atoms with Crippen molar-refractivity contribution in [3.05, 3.63) is 29.8 Å². The second-order valence-electron chi connectivity index (χ2n) is 2.52. The Labute approximate surface area is 109 Å². The fourth-order valence-electron chi connectivity index (χ4n) is 0.933. The van der Waals surface area contributed by atoms with Gasteiger partial charge in [-0.05, 0) is 12.1 Å². The van der Waals surface area contributed by atoms with Crippen LogP contribution in [0.1, 0.15) is 10.4 Å². The minimum atomic E-state index is -1.36. The second kappa shape index (κ2) is 6.44. The van der Waals surface area contributed by atoms with E-state index in [0.717, 1.165) is 0 Å². The third-order valence-corrected chi connectivity index (χ3v) is 1.50. The molecule has 0 fully saturated rings. The number of rotatable bonds is 4. The fraction of sp³-hybridized carbons (Fsp3) is 0.111. The Morgan fingerprint density at radius 1 is 1.33 bits per heavy atom. The molecule has 0 aliphatic heterocycles. The minimum Gasteiger partial charge on any atom is -0.546 e. The van der Waals surface area contributed by atoms with Gasteiger partial charge in [-0.25, -0.2) is 0 Å². The van der Waals surface area contributed by atoms with Crippen molar-refractivity contribution in [3.63, 3.8) is 0 Å². The SMILES string of the molecule is NC(=O)c1ccccc1OCC(=O)[O-].[Na+]. The molecule has 1 amide bonds. The molecule has 0 aliphatic rings. The Morgan fingerprint density at radius 3 is 2.47 bits per heavy atom. The molecule has 0 aromatic heterocycles. The maximum absolute atomic E-state index is 10.8. The van der Waals surface area contributed by atoms with Crippen LogP contribution in [0.2, 0.25) is 0 Å². The van der Waals surface area contributed by atoms with E-state index in [1.54, 1.807) is 12.1 Å². The first-order valence-electron chi connectivity index (χ1n) is 3.82. The number of para-hydroxylation sites is 1. The van der Waals surface area contributed by atoms with Crippen LogP contribution in [0.5, 0.6) is 5.75 Å². The van der Waals surface area contributed by atoms with Gasteiger partial charge in [0.25, 0.3) is 5.91 Å². The number of nitrogens with two attached hydrogens (primary N) is 1. The van der Waals surface area contributed by atoms with Crippen molar-refractivity contribution in [1.29, 1.82) is 0 Å². The summed E-state index contributed by atoms with van der Waals surface area (Å²) in [5.74, 6) is -1.88. The normalized spacial score (nSPS) is 8.80. The van der Waals surface area contributed by atoms with Crippen molar-refractivity contribution in [1.82, 2.24) is 0 Å². The number of carboxylic acid groups (broad SMARTS) is 1. The van der Waals surface area contributed by atoms with Crippen LogP contribution in [-0.4, -0.2) is 18.5 Å². The monoisotopic (exact) mass is 217 g/mol. The van der Waals surface area contributed by atoms with Gasteiger partial charge in [-0.15, -0.1) is 0 Å². The van der Waals surface area contributed by atoms with Crippen molar-refractivity contribution in [2.75, 3.05) is 6.61 Å². The molecule has 0 unspecified atom stereocenters. The Kier molecular flexibility index (Phi) is 6.00. The molecule has 15 heavy (non-hydrogen) atoms. The molecular weight excluding hydrogens is 209 g/mol. The van der Waals surface area contributed by atoms with Crippen LogP contribution in [0, 0.1) is 0 Å². The summed E-state index contributed by atoms with van der Waals surface area (Å²) in [7, 11) is 0. The molecular formula is C9H8NNaO4. The number of carbonyl (C=O) groups is 2. The molecule has 74 valence electrons. The first-order chi connectivity index (χ1) is 6.61. The third kappa shape index (κ3) is 4.33. The predicted molar refractivity (Wildman–Crippen MR) is 45.5 cm³/mol. The molecule has 0 bridgehead atoms. The van der Waals surface area contributed by atoms with Crippen LogP contribution in [0.15, 0.2) is 24.3 Å². The summed E-state index contributed by atoms with van der Waals surface area (Å²) in [5.41, 5.74) is 5.19. The van der Waals surface area contributed by atoms with Crippen LogP contribution in [0.4, 0.5) is 0 Å². The van der Waals surface area contributed by atoms with E-state index >= 15 is 0 Å². The number of hydrogen-bond donors (Lipinski definition) is 1. The van der Waals surface area contributed by atoms with E-state index in [1.807, 2.05) is 0 Å². The van der Waals surface area contributed by atoms with Gasteiger partial charge in [-0.3, -0.25) is 4.79 Å². The maximum Gasteiger partial charge on any atom is 1.00 e. The van der Waals surface area contributed by atoms with E-state index < -0.39 is 18.5 Å². The summed E-state index contributed by atoms with van der Waals surface area (Å²) >= 11 is 0. The molecule has 0 heterocycles. The van der Waals surface area contributed by atoms with Gasteiger partial charge in [0.15, 0.2) is 0 Å². The summed E-state index contributed by atoms with van der Waals surface area (Å²) in [6.07, 6.45) is 0. The Morgan fingerprint density at radius 2 is 1.93 bits per heavy atom. The van der Waals surface area contributed by atoms with E-state index in [-0.39, 0.29) is 40.9 Å². The Bertz CT molecular complexity index is 367. The first-order valence-corrected chi connectivity index (χ1v) is 3.82. The van der Waals surface area contributed by atoms with E-state index in [2.05, 4.69) is 0 Å². The molecule has 0 atom stereocenters. The molecule has 1 rings (SSSR count). The molecule has 0 aliphatic carbocycles. The number of carbonyl (C=O) groups excluding carboxylic acids is 2. The number of aliphatic carboxylic acids is 1. The number of benzene rings is 1. The number of ether oxygens (including phenoxy) is 1.